The Hall–Kier alpha value is -3.64. The van der Waals surface area contributed by atoms with E-state index in [9.17, 15) is 9.59 Å². The SMILES string of the molecule is CCOCCOc1ccccc1C(=O)Nc1ccc(NC(=O)c2cccc(C)c2)cc1. The summed E-state index contributed by atoms with van der Waals surface area (Å²) in [5.41, 5.74) is 3.31. The van der Waals surface area contributed by atoms with Crippen molar-refractivity contribution in [3.8, 4) is 5.75 Å². The Labute approximate surface area is 182 Å². The summed E-state index contributed by atoms with van der Waals surface area (Å²) in [5, 5.41) is 5.71. The van der Waals surface area contributed by atoms with Crippen LogP contribution in [0.1, 0.15) is 33.2 Å². The van der Waals surface area contributed by atoms with E-state index < -0.39 is 0 Å². The largest absolute Gasteiger partial charge is 0.490 e. The molecule has 0 heterocycles. The second-order valence-corrected chi connectivity index (χ2v) is 6.90. The predicted molar refractivity (Wildman–Crippen MR) is 122 cm³/mol. The number of benzene rings is 3. The lowest BCUT2D eigenvalue weighted by Crippen LogP contribution is -2.15. The molecule has 160 valence electrons. The molecule has 6 nitrogen and oxygen atoms in total. The Morgan fingerprint density at radius 2 is 1.48 bits per heavy atom. The molecule has 31 heavy (non-hydrogen) atoms. The van der Waals surface area contributed by atoms with Gasteiger partial charge >= 0.3 is 0 Å². The van der Waals surface area contributed by atoms with Crippen molar-refractivity contribution in [2.75, 3.05) is 30.5 Å². The molecule has 0 atom stereocenters. The first-order valence-electron chi connectivity index (χ1n) is 10.2. The third-order valence-corrected chi connectivity index (χ3v) is 4.50. The summed E-state index contributed by atoms with van der Waals surface area (Å²) in [6.45, 7) is 5.31. The Bertz CT molecular complexity index is 1030. The third-order valence-electron chi connectivity index (χ3n) is 4.50. The van der Waals surface area contributed by atoms with Gasteiger partial charge in [0.15, 0.2) is 0 Å². The fourth-order valence-electron chi connectivity index (χ4n) is 2.96. The van der Waals surface area contributed by atoms with Gasteiger partial charge in [-0.2, -0.15) is 0 Å². The average Bonchev–Trinajstić information content (AvgIpc) is 2.78. The molecule has 0 saturated heterocycles. The Kier molecular flexibility index (Phi) is 7.79. The van der Waals surface area contributed by atoms with Crippen molar-refractivity contribution in [2.45, 2.75) is 13.8 Å². The van der Waals surface area contributed by atoms with E-state index in [0.29, 0.717) is 48.1 Å². The van der Waals surface area contributed by atoms with Crippen LogP contribution in [0, 0.1) is 6.92 Å². The first-order valence-corrected chi connectivity index (χ1v) is 10.2. The molecule has 0 aliphatic heterocycles. The zero-order chi connectivity index (χ0) is 22.1. The summed E-state index contributed by atoms with van der Waals surface area (Å²) in [6.07, 6.45) is 0. The number of anilines is 2. The van der Waals surface area contributed by atoms with E-state index in [0.717, 1.165) is 5.56 Å². The third kappa shape index (κ3) is 6.42. The smallest absolute Gasteiger partial charge is 0.259 e. The standard InChI is InChI=1S/C25H26N2O4/c1-3-30-15-16-31-23-10-5-4-9-22(23)25(29)27-21-13-11-20(12-14-21)26-24(28)19-8-6-7-18(2)17-19/h4-14,17H,3,15-16H2,1-2H3,(H,26,28)(H,27,29). The van der Waals surface area contributed by atoms with Gasteiger partial charge in [0.2, 0.25) is 0 Å². The van der Waals surface area contributed by atoms with Gasteiger partial charge in [-0.3, -0.25) is 9.59 Å². The number of ether oxygens (including phenoxy) is 2. The monoisotopic (exact) mass is 418 g/mol. The summed E-state index contributed by atoms with van der Waals surface area (Å²) < 4.78 is 10.9. The van der Waals surface area contributed by atoms with Gasteiger partial charge in [-0.15, -0.1) is 0 Å². The summed E-state index contributed by atoms with van der Waals surface area (Å²) in [4.78, 5) is 25.1. The van der Waals surface area contributed by atoms with Gasteiger partial charge in [-0.05, 0) is 62.4 Å². The van der Waals surface area contributed by atoms with Gasteiger partial charge in [-0.25, -0.2) is 0 Å². The lowest BCUT2D eigenvalue weighted by Gasteiger charge is -2.12. The van der Waals surface area contributed by atoms with Crippen molar-refractivity contribution in [1.29, 1.82) is 0 Å². The number of hydrogen-bond donors (Lipinski definition) is 2. The van der Waals surface area contributed by atoms with Gasteiger partial charge in [-0.1, -0.05) is 29.8 Å². The van der Waals surface area contributed by atoms with Crippen LogP contribution in [-0.2, 0) is 4.74 Å². The van der Waals surface area contributed by atoms with Gasteiger partial charge in [0.25, 0.3) is 11.8 Å². The van der Waals surface area contributed by atoms with E-state index in [1.54, 1.807) is 48.5 Å². The molecule has 0 aliphatic rings. The normalized spacial score (nSPS) is 10.4. The van der Waals surface area contributed by atoms with Crippen LogP contribution in [-0.4, -0.2) is 31.6 Å². The van der Waals surface area contributed by atoms with Gasteiger partial charge in [0.05, 0.1) is 12.2 Å². The lowest BCUT2D eigenvalue weighted by atomic mass is 10.1. The molecule has 0 aliphatic carbocycles. The molecule has 3 aromatic carbocycles. The van der Waals surface area contributed by atoms with Crippen molar-refractivity contribution < 1.29 is 19.1 Å². The predicted octanol–water partition coefficient (Wildman–Crippen LogP) is 4.91. The van der Waals surface area contributed by atoms with E-state index >= 15 is 0 Å². The van der Waals surface area contributed by atoms with Crippen LogP contribution in [0.2, 0.25) is 0 Å². The summed E-state index contributed by atoms with van der Waals surface area (Å²) in [5.74, 6) is 0.0453. The van der Waals surface area contributed by atoms with Crippen LogP contribution in [0.15, 0.2) is 72.8 Å². The van der Waals surface area contributed by atoms with Gasteiger partial charge < -0.3 is 20.1 Å². The summed E-state index contributed by atoms with van der Waals surface area (Å²) in [7, 11) is 0. The number of rotatable bonds is 9. The van der Waals surface area contributed by atoms with Gasteiger partial charge in [0.1, 0.15) is 12.4 Å². The van der Waals surface area contributed by atoms with Crippen molar-refractivity contribution in [2.24, 2.45) is 0 Å². The fourth-order valence-corrected chi connectivity index (χ4v) is 2.96. The molecule has 0 spiro atoms. The molecular weight excluding hydrogens is 392 g/mol. The first kappa shape index (κ1) is 22.1. The average molecular weight is 418 g/mol. The molecule has 0 radical (unpaired) electrons. The van der Waals surface area contributed by atoms with E-state index in [4.69, 9.17) is 9.47 Å². The van der Waals surface area contributed by atoms with Crippen LogP contribution < -0.4 is 15.4 Å². The zero-order valence-corrected chi connectivity index (χ0v) is 17.7. The molecule has 0 unspecified atom stereocenters. The van der Waals surface area contributed by atoms with Crippen LogP contribution in [0.4, 0.5) is 11.4 Å². The summed E-state index contributed by atoms with van der Waals surface area (Å²) >= 11 is 0. The van der Waals surface area contributed by atoms with Crippen molar-refractivity contribution in [1.82, 2.24) is 0 Å². The van der Waals surface area contributed by atoms with E-state index in [-0.39, 0.29) is 11.8 Å². The highest BCUT2D eigenvalue weighted by Gasteiger charge is 2.13. The molecule has 2 N–H and O–H groups in total. The number of carbonyl (C=O) groups is 2. The molecule has 0 bridgehead atoms. The first-order chi connectivity index (χ1) is 15.1. The van der Waals surface area contributed by atoms with E-state index in [1.165, 1.54) is 0 Å². The number of amides is 2. The molecule has 0 saturated carbocycles. The maximum atomic E-state index is 12.7. The molecular formula is C25H26N2O4. The van der Waals surface area contributed by atoms with Crippen molar-refractivity contribution >= 4 is 23.2 Å². The zero-order valence-electron chi connectivity index (χ0n) is 17.7. The molecule has 6 heteroatoms. The molecule has 3 aromatic rings. The number of aryl methyl sites for hydroxylation is 1. The Morgan fingerprint density at radius 1 is 0.806 bits per heavy atom. The van der Waals surface area contributed by atoms with E-state index in [1.807, 2.05) is 38.1 Å². The van der Waals surface area contributed by atoms with Crippen molar-refractivity contribution in [3.05, 3.63) is 89.5 Å². The van der Waals surface area contributed by atoms with Crippen LogP contribution in [0.3, 0.4) is 0 Å². The lowest BCUT2D eigenvalue weighted by molar-refractivity contribution is 0.0996. The maximum absolute atomic E-state index is 12.7. The number of para-hydroxylation sites is 1. The fraction of sp³-hybridized carbons (Fsp3) is 0.200. The quantitative estimate of drug-likeness (QED) is 0.484. The minimum Gasteiger partial charge on any atom is -0.490 e. The highest BCUT2D eigenvalue weighted by molar-refractivity contribution is 6.07. The van der Waals surface area contributed by atoms with Crippen LogP contribution in [0.5, 0.6) is 5.75 Å². The second-order valence-electron chi connectivity index (χ2n) is 6.90. The van der Waals surface area contributed by atoms with E-state index in [2.05, 4.69) is 10.6 Å². The minimum atomic E-state index is -0.274. The Balaban J connectivity index is 1.61. The highest BCUT2D eigenvalue weighted by Crippen LogP contribution is 2.21. The number of hydrogen-bond acceptors (Lipinski definition) is 4. The van der Waals surface area contributed by atoms with Crippen LogP contribution >= 0.6 is 0 Å². The topological polar surface area (TPSA) is 76.7 Å². The summed E-state index contributed by atoms with van der Waals surface area (Å²) in [6, 6.07) is 21.4. The molecule has 3 rings (SSSR count). The van der Waals surface area contributed by atoms with Crippen LogP contribution in [0.25, 0.3) is 0 Å². The molecule has 0 fully saturated rings. The van der Waals surface area contributed by atoms with Gasteiger partial charge in [0, 0.05) is 23.5 Å². The number of nitrogens with one attached hydrogen (secondary N) is 2. The maximum Gasteiger partial charge on any atom is 0.259 e. The molecule has 2 amide bonds. The van der Waals surface area contributed by atoms with Crippen molar-refractivity contribution in [3.63, 3.8) is 0 Å². The number of carbonyl (C=O) groups excluding carboxylic acids is 2. The second kappa shape index (κ2) is 10.9. The minimum absolute atomic E-state index is 0.182. The Morgan fingerprint density at radius 3 is 2.16 bits per heavy atom. The molecule has 0 aromatic heterocycles. The highest BCUT2D eigenvalue weighted by atomic mass is 16.5.